The van der Waals surface area contributed by atoms with Gasteiger partial charge in [0.25, 0.3) is 0 Å². The predicted octanol–water partition coefficient (Wildman–Crippen LogP) is 2.33. The molecule has 6 heteroatoms. The highest BCUT2D eigenvalue weighted by Gasteiger charge is 2.20. The van der Waals surface area contributed by atoms with Crippen molar-refractivity contribution in [2.24, 2.45) is 4.99 Å². The van der Waals surface area contributed by atoms with Crippen LogP contribution in [0.25, 0.3) is 0 Å². The number of nitrogens with zero attached hydrogens (tertiary/aromatic N) is 2. The van der Waals surface area contributed by atoms with Crippen molar-refractivity contribution in [3.63, 3.8) is 0 Å². The molecule has 1 heterocycles. The van der Waals surface area contributed by atoms with E-state index in [-0.39, 0.29) is 24.0 Å². The molecule has 23 heavy (non-hydrogen) atoms. The van der Waals surface area contributed by atoms with Gasteiger partial charge in [-0.3, -0.25) is 4.99 Å². The lowest BCUT2D eigenvalue weighted by Gasteiger charge is -2.21. The summed E-state index contributed by atoms with van der Waals surface area (Å²) in [4.78, 5) is 6.68. The fraction of sp³-hybridized carbons (Fsp3) is 0.588. The summed E-state index contributed by atoms with van der Waals surface area (Å²) in [6, 6.07) is 10.5. The van der Waals surface area contributed by atoms with Crippen LogP contribution in [-0.2, 0) is 0 Å². The third kappa shape index (κ3) is 7.39. The molecule has 1 aromatic rings. The molecule has 130 valence electrons. The Labute approximate surface area is 156 Å². The third-order valence-corrected chi connectivity index (χ3v) is 4.03. The first-order valence-corrected chi connectivity index (χ1v) is 8.12. The molecule has 1 atom stereocenters. The van der Waals surface area contributed by atoms with Crippen molar-refractivity contribution in [3.05, 3.63) is 30.3 Å². The molecular weight excluding hydrogens is 403 g/mol. The van der Waals surface area contributed by atoms with Gasteiger partial charge in [-0.05, 0) is 45.0 Å². The number of hydrogen-bond donors (Lipinski definition) is 2. The molecule has 1 aliphatic heterocycles. The van der Waals surface area contributed by atoms with E-state index >= 15 is 0 Å². The van der Waals surface area contributed by atoms with Crippen molar-refractivity contribution < 1.29 is 4.74 Å². The molecule has 0 saturated carbocycles. The first-order valence-electron chi connectivity index (χ1n) is 8.12. The van der Waals surface area contributed by atoms with Gasteiger partial charge in [-0.1, -0.05) is 18.2 Å². The summed E-state index contributed by atoms with van der Waals surface area (Å²) in [7, 11) is 4.00. The van der Waals surface area contributed by atoms with Crippen molar-refractivity contribution in [1.29, 1.82) is 0 Å². The Kier molecular flexibility index (Phi) is 10.0. The van der Waals surface area contributed by atoms with Crippen molar-refractivity contribution in [2.45, 2.75) is 25.3 Å². The smallest absolute Gasteiger partial charge is 0.191 e. The van der Waals surface area contributed by atoms with Crippen LogP contribution in [0, 0.1) is 0 Å². The van der Waals surface area contributed by atoms with Gasteiger partial charge in [0, 0.05) is 26.2 Å². The maximum absolute atomic E-state index is 5.67. The van der Waals surface area contributed by atoms with Crippen LogP contribution >= 0.6 is 24.0 Å². The van der Waals surface area contributed by atoms with Crippen LogP contribution < -0.4 is 15.4 Å². The minimum absolute atomic E-state index is 0. The van der Waals surface area contributed by atoms with E-state index in [0.717, 1.165) is 31.2 Å². The lowest BCUT2D eigenvalue weighted by molar-refractivity contribution is 0.307. The van der Waals surface area contributed by atoms with Gasteiger partial charge in [-0.25, -0.2) is 0 Å². The van der Waals surface area contributed by atoms with E-state index in [1.165, 1.54) is 19.4 Å². The lowest BCUT2D eigenvalue weighted by atomic mass is 10.2. The molecule has 1 fully saturated rings. The van der Waals surface area contributed by atoms with Crippen LogP contribution in [0.15, 0.2) is 35.3 Å². The summed E-state index contributed by atoms with van der Waals surface area (Å²) >= 11 is 0. The van der Waals surface area contributed by atoms with Crippen LogP contribution in [0.5, 0.6) is 5.75 Å². The predicted molar refractivity (Wildman–Crippen MR) is 107 cm³/mol. The molecule has 0 amide bonds. The monoisotopic (exact) mass is 432 g/mol. The molecule has 1 aliphatic rings. The minimum atomic E-state index is 0. The van der Waals surface area contributed by atoms with E-state index in [2.05, 4.69) is 27.6 Å². The van der Waals surface area contributed by atoms with Gasteiger partial charge < -0.3 is 20.3 Å². The second-order valence-corrected chi connectivity index (χ2v) is 5.67. The first-order chi connectivity index (χ1) is 10.8. The largest absolute Gasteiger partial charge is 0.494 e. The van der Waals surface area contributed by atoms with E-state index in [9.17, 15) is 0 Å². The van der Waals surface area contributed by atoms with E-state index in [1.807, 2.05) is 37.4 Å². The molecule has 0 radical (unpaired) electrons. The number of likely N-dealkylation sites (N-methyl/N-ethyl adjacent to an activating group) is 1. The second kappa shape index (κ2) is 11.5. The molecule has 1 aromatic carbocycles. The van der Waals surface area contributed by atoms with E-state index < -0.39 is 0 Å². The van der Waals surface area contributed by atoms with Gasteiger partial charge in [0.05, 0.1) is 6.61 Å². The number of nitrogens with one attached hydrogen (secondary N) is 2. The standard InChI is InChI=1S/C17H28N4O.HI/c1-18-17(20-14-15-8-6-12-21(15)2)19-11-7-13-22-16-9-4-3-5-10-16;/h3-5,9-10,15H,6-8,11-14H2,1-2H3,(H2,18,19,20);1H. The van der Waals surface area contributed by atoms with Gasteiger partial charge in [0.1, 0.15) is 5.75 Å². The highest BCUT2D eigenvalue weighted by Crippen LogP contribution is 2.13. The highest BCUT2D eigenvalue weighted by atomic mass is 127. The Bertz CT molecular complexity index is 455. The highest BCUT2D eigenvalue weighted by molar-refractivity contribution is 14.0. The van der Waals surface area contributed by atoms with Crippen molar-refractivity contribution in [2.75, 3.05) is 40.3 Å². The zero-order valence-electron chi connectivity index (χ0n) is 14.1. The average molecular weight is 432 g/mol. The molecule has 0 aliphatic carbocycles. The number of likely N-dealkylation sites (tertiary alicyclic amines) is 1. The number of rotatable bonds is 7. The van der Waals surface area contributed by atoms with Gasteiger partial charge in [-0.15, -0.1) is 24.0 Å². The van der Waals surface area contributed by atoms with Crippen molar-refractivity contribution in [3.8, 4) is 5.75 Å². The Morgan fingerprint density at radius 2 is 2.09 bits per heavy atom. The first kappa shape index (κ1) is 20.0. The Balaban J connectivity index is 0.00000264. The summed E-state index contributed by atoms with van der Waals surface area (Å²) in [6.45, 7) is 3.72. The van der Waals surface area contributed by atoms with Crippen LogP contribution in [-0.4, -0.2) is 57.2 Å². The molecule has 5 nitrogen and oxygen atoms in total. The molecule has 1 unspecified atom stereocenters. The van der Waals surface area contributed by atoms with Crippen LogP contribution in [0.3, 0.4) is 0 Å². The Morgan fingerprint density at radius 1 is 1.30 bits per heavy atom. The zero-order chi connectivity index (χ0) is 15.6. The number of hydrogen-bond acceptors (Lipinski definition) is 3. The lowest BCUT2D eigenvalue weighted by Crippen LogP contribution is -2.44. The fourth-order valence-electron chi connectivity index (χ4n) is 2.66. The van der Waals surface area contributed by atoms with E-state index in [0.29, 0.717) is 12.6 Å². The van der Waals surface area contributed by atoms with Crippen LogP contribution in [0.4, 0.5) is 0 Å². The summed E-state index contributed by atoms with van der Waals surface area (Å²) in [5, 5.41) is 6.74. The summed E-state index contributed by atoms with van der Waals surface area (Å²) in [6.07, 6.45) is 3.51. The van der Waals surface area contributed by atoms with Gasteiger partial charge in [0.2, 0.25) is 0 Å². The normalized spacial score (nSPS) is 18.3. The Morgan fingerprint density at radius 3 is 2.74 bits per heavy atom. The molecule has 0 bridgehead atoms. The van der Waals surface area contributed by atoms with E-state index in [1.54, 1.807) is 0 Å². The third-order valence-electron chi connectivity index (χ3n) is 4.03. The number of aliphatic imine (C=N–C) groups is 1. The number of guanidine groups is 1. The maximum atomic E-state index is 5.67. The second-order valence-electron chi connectivity index (χ2n) is 5.67. The minimum Gasteiger partial charge on any atom is -0.494 e. The number of benzene rings is 1. The SMILES string of the molecule is CN=C(NCCCOc1ccccc1)NCC1CCCN1C.I. The van der Waals surface area contributed by atoms with Gasteiger partial charge in [0.15, 0.2) is 5.96 Å². The maximum Gasteiger partial charge on any atom is 0.191 e. The molecular formula is C17H29IN4O. The molecule has 0 aromatic heterocycles. The summed E-state index contributed by atoms with van der Waals surface area (Å²) in [5.41, 5.74) is 0. The Hall–Kier alpha value is -1.02. The average Bonchev–Trinajstić information content (AvgIpc) is 2.96. The van der Waals surface area contributed by atoms with Crippen molar-refractivity contribution >= 4 is 29.9 Å². The quantitative estimate of drug-likeness (QED) is 0.301. The number of halogens is 1. The molecule has 2 rings (SSSR count). The van der Waals surface area contributed by atoms with Gasteiger partial charge in [-0.2, -0.15) is 0 Å². The topological polar surface area (TPSA) is 48.9 Å². The molecule has 0 spiro atoms. The van der Waals surface area contributed by atoms with Gasteiger partial charge >= 0.3 is 0 Å². The summed E-state index contributed by atoms with van der Waals surface area (Å²) < 4.78 is 5.67. The molecule has 1 saturated heterocycles. The van der Waals surface area contributed by atoms with Crippen molar-refractivity contribution in [1.82, 2.24) is 15.5 Å². The van der Waals surface area contributed by atoms with E-state index in [4.69, 9.17) is 4.74 Å². The fourth-order valence-corrected chi connectivity index (χ4v) is 2.66. The van der Waals surface area contributed by atoms with Crippen LogP contribution in [0.2, 0.25) is 0 Å². The summed E-state index contributed by atoms with van der Waals surface area (Å²) in [5.74, 6) is 1.80. The number of ether oxygens (including phenoxy) is 1. The molecule has 2 N–H and O–H groups in total. The zero-order valence-corrected chi connectivity index (χ0v) is 16.5. The number of para-hydroxylation sites is 1. The van der Waals surface area contributed by atoms with Crippen LogP contribution in [0.1, 0.15) is 19.3 Å².